The van der Waals surface area contributed by atoms with E-state index in [0.29, 0.717) is 38.8 Å². The van der Waals surface area contributed by atoms with Crippen LogP contribution in [0.15, 0.2) is 0 Å². The van der Waals surface area contributed by atoms with Crippen molar-refractivity contribution in [3.8, 4) is 0 Å². The zero-order valence-corrected chi connectivity index (χ0v) is 10.1. The Kier molecular flexibility index (Phi) is 3.12. The molecule has 1 aliphatic heterocycles. The van der Waals surface area contributed by atoms with E-state index in [-0.39, 0.29) is 17.7 Å². The number of likely N-dealkylation sites (tertiary alicyclic amines) is 1. The fraction of sp³-hybridized carbons (Fsp3) is 0.833. The van der Waals surface area contributed by atoms with E-state index in [9.17, 15) is 14.7 Å². The minimum Gasteiger partial charge on any atom is -0.481 e. The van der Waals surface area contributed by atoms with Crippen LogP contribution in [0.2, 0.25) is 0 Å². The van der Waals surface area contributed by atoms with Gasteiger partial charge in [-0.25, -0.2) is 0 Å². The van der Waals surface area contributed by atoms with Crippen LogP contribution >= 0.6 is 0 Å². The van der Waals surface area contributed by atoms with Crippen LogP contribution in [-0.2, 0) is 9.59 Å². The van der Waals surface area contributed by atoms with Gasteiger partial charge in [-0.1, -0.05) is 0 Å². The zero-order chi connectivity index (χ0) is 12.6. The number of β-amino-alcohol motifs (C(OH)–C–C–N with tert-alkyl or cyclic N) is 1. The van der Waals surface area contributed by atoms with Crippen LogP contribution in [0, 0.1) is 11.8 Å². The number of carboxylic acid groups (broad SMARTS) is 1. The van der Waals surface area contributed by atoms with E-state index >= 15 is 0 Å². The van der Waals surface area contributed by atoms with E-state index in [1.54, 1.807) is 11.8 Å². The van der Waals surface area contributed by atoms with Gasteiger partial charge in [-0.05, 0) is 32.6 Å². The van der Waals surface area contributed by atoms with Crippen molar-refractivity contribution in [1.82, 2.24) is 4.90 Å². The van der Waals surface area contributed by atoms with Gasteiger partial charge in [0, 0.05) is 19.0 Å². The standard InChI is InChI=1S/C12H19NO4/c1-12(17)4-5-13(7-12)10(14)8-2-3-9(6-8)11(15)16/h8-9,17H,2-7H2,1H3,(H,15,16). The van der Waals surface area contributed by atoms with Gasteiger partial charge in [-0.15, -0.1) is 0 Å². The highest BCUT2D eigenvalue weighted by Gasteiger charge is 2.40. The Bertz CT molecular complexity index is 339. The van der Waals surface area contributed by atoms with Crippen LogP contribution in [0.1, 0.15) is 32.6 Å². The summed E-state index contributed by atoms with van der Waals surface area (Å²) in [7, 11) is 0. The molecule has 2 N–H and O–H groups in total. The lowest BCUT2D eigenvalue weighted by molar-refractivity contribution is -0.141. The van der Waals surface area contributed by atoms with Crippen LogP contribution in [-0.4, -0.2) is 45.7 Å². The van der Waals surface area contributed by atoms with Crippen LogP contribution in [0.4, 0.5) is 0 Å². The molecule has 3 atom stereocenters. The van der Waals surface area contributed by atoms with Crippen molar-refractivity contribution in [2.24, 2.45) is 11.8 Å². The molecule has 0 aromatic heterocycles. The van der Waals surface area contributed by atoms with Crippen LogP contribution in [0.3, 0.4) is 0 Å². The number of carbonyl (C=O) groups is 2. The fourth-order valence-corrected chi connectivity index (χ4v) is 2.82. The van der Waals surface area contributed by atoms with Crippen molar-refractivity contribution in [3.05, 3.63) is 0 Å². The van der Waals surface area contributed by atoms with Gasteiger partial charge in [-0.2, -0.15) is 0 Å². The Morgan fingerprint density at radius 2 is 1.94 bits per heavy atom. The van der Waals surface area contributed by atoms with Gasteiger partial charge < -0.3 is 15.1 Å². The number of carbonyl (C=O) groups excluding carboxylic acids is 1. The molecule has 2 fully saturated rings. The van der Waals surface area contributed by atoms with E-state index in [1.807, 2.05) is 0 Å². The molecule has 3 unspecified atom stereocenters. The quantitative estimate of drug-likeness (QED) is 0.736. The summed E-state index contributed by atoms with van der Waals surface area (Å²) in [4.78, 5) is 24.6. The Morgan fingerprint density at radius 3 is 2.41 bits per heavy atom. The molecular weight excluding hydrogens is 222 g/mol. The maximum Gasteiger partial charge on any atom is 0.306 e. The monoisotopic (exact) mass is 241 g/mol. The molecule has 96 valence electrons. The molecule has 1 heterocycles. The molecule has 0 aromatic carbocycles. The average molecular weight is 241 g/mol. The number of hydrogen-bond donors (Lipinski definition) is 2. The predicted octanol–water partition coefficient (Wildman–Crippen LogP) is 0.471. The summed E-state index contributed by atoms with van der Waals surface area (Å²) in [5, 5.41) is 18.7. The summed E-state index contributed by atoms with van der Waals surface area (Å²) in [6.45, 7) is 2.69. The third kappa shape index (κ3) is 2.60. The molecule has 0 aromatic rings. The lowest BCUT2D eigenvalue weighted by Gasteiger charge is -2.22. The van der Waals surface area contributed by atoms with Gasteiger partial charge in [0.25, 0.3) is 0 Å². The summed E-state index contributed by atoms with van der Waals surface area (Å²) >= 11 is 0. The minimum absolute atomic E-state index is 0.0199. The Morgan fingerprint density at radius 1 is 1.29 bits per heavy atom. The maximum atomic E-state index is 12.1. The second-order valence-electron chi connectivity index (χ2n) is 5.55. The summed E-state index contributed by atoms with van der Waals surface area (Å²) in [6.07, 6.45) is 2.31. The third-order valence-electron chi connectivity index (χ3n) is 3.89. The molecule has 2 rings (SSSR count). The fourth-order valence-electron chi connectivity index (χ4n) is 2.82. The number of nitrogens with zero attached hydrogens (tertiary/aromatic N) is 1. The number of rotatable bonds is 2. The number of amides is 1. The van der Waals surface area contributed by atoms with Crippen LogP contribution < -0.4 is 0 Å². The van der Waals surface area contributed by atoms with E-state index < -0.39 is 11.6 Å². The summed E-state index contributed by atoms with van der Waals surface area (Å²) in [5.74, 6) is -1.31. The molecule has 0 bridgehead atoms. The minimum atomic E-state index is -0.797. The number of carboxylic acids is 1. The van der Waals surface area contributed by atoms with E-state index in [1.165, 1.54) is 0 Å². The molecule has 0 radical (unpaired) electrons. The average Bonchev–Trinajstić information content (AvgIpc) is 2.83. The molecule has 1 aliphatic carbocycles. The van der Waals surface area contributed by atoms with Gasteiger partial charge in [0.15, 0.2) is 0 Å². The van der Waals surface area contributed by atoms with Crippen LogP contribution in [0.5, 0.6) is 0 Å². The zero-order valence-electron chi connectivity index (χ0n) is 10.1. The van der Waals surface area contributed by atoms with Crippen molar-refractivity contribution in [1.29, 1.82) is 0 Å². The first-order valence-corrected chi connectivity index (χ1v) is 6.13. The highest BCUT2D eigenvalue weighted by molar-refractivity contribution is 5.81. The molecule has 1 amide bonds. The molecule has 5 heteroatoms. The van der Waals surface area contributed by atoms with Crippen molar-refractivity contribution < 1.29 is 19.8 Å². The smallest absolute Gasteiger partial charge is 0.306 e. The largest absolute Gasteiger partial charge is 0.481 e. The van der Waals surface area contributed by atoms with Crippen LogP contribution in [0.25, 0.3) is 0 Å². The number of aliphatic carboxylic acids is 1. The van der Waals surface area contributed by atoms with Crippen molar-refractivity contribution in [2.45, 2.75) is 38.2 Å². The normalized spacial score (nSPS) is 37.4. The first-order chi connectivity index (χ1) is 7.89. The second kappa shape index (κ2) is 4.29. The maximum absolute atomic E-state index is 12.1. The third-order valence-corrected chi connectivity index (χ3v) is 3.89. The Labute approximate surface area is 100 Å². The Balaban J connectivity index is 1.92. The van der Waals surface area contributed by atoms with Gasteiger partial charge in [0.2, 0.25) is 5.91 Å². The number of aliphatic hydroxyl groups is 1. The highest BCUT2D eigenvalue weighted by Crippen LogP contribution is 2.34. The summed E-state index contributed by atoms with van der Waals surface area (Å²) in [6, 6.07) is 0. The predicted molar refractivity (Wildman–Crippen MR) is 60.3 cm³/mol. The topological polar surface area (TPSA) is 77.8 Å². The second-order valence-corrected chi connectivity index (χ2v) is 5.55. The van der Waals surface area contributed by atoms with Gasteiger partial charge in [0.1, 0.15) is 0 Å². The summed E-state index contributed by atoms with van der Waals surface area (Å²) in [5.41, 5.74) is -0.777. The lowest BCUT2D eigenvalue weighted by atomic mass is 10.0. The molecule has 0 spiro atoms. The molecule has 2 aliphatic rings. The Hall–Kier alpha value is -1.10. The molecule has 5 nitrogen and oxygen atoms in total. The van der Waals surface area contributed by atoms with Crippen molar-refractivity contribution >= 4 is 11.9 Å². The molecule has 1 saturated heterocycles. The van der Waals surface area contributed by atoms with E-state index in [4.69, 9.17) is 5.11 Å². The molecule has 17 heavy (non-hydrogen) atoms. The van der Waals surface area contributed by atoms with E-state index in [0.717, 1.165) is 0 Å². The lowest BCUT2D eigenvalue weighted by Crippen LogP contribution is -2.37. The first kappa shape index (κ1) is 12.4. The van der Waals surface area contributed by atoms with Crippen molar-refractivity contribution in [2.75, 3.05) is 13.1 Å². The number of hydrogen-bond acceptors (Lipinski definition) is 3. The van der Waals surface area contributed by atoms with E-state index in [2.05, 4.69) is 0 Å². The first-order valence-electron chi connectivity index (χ1n) is 6.13. The van der Waals surface area contributed by atoms with Gasteiger partial charge in [-0.3, -0.25) is 9.59 Å². The van der Waals surface area contributed by atoms with Gasteiger partial charge >= 0.3 is 5.97 Å². The van der Waals surface area contributed by atoms with Gasteiger partial charge in [0.05, 0.1) is 11.5 Å². The SMILES string of the molecule is CC1(O)CCN(C(=O)C2CCC(C(=O)O)C2)C1. The highest BCUT2D eigenvalue weighted by atomic mass is 16.4. The van der Waals surface area contributed by atoms with Crippen molar-refractivity contribution in [3.63, 3.8) is 0 Å². The molecular formula is C12H19NO4. The summed E-state index contributed by atoms with van der Waals surface area (Å²) < 4.78 is 0. The molecule has 1 saturated carbocycles.